The second kappa shape index (κ2) is 10.7. The van der Waals surface area contributed by atoms with Crippen LogP contribution in [0.25, 0.3) is 0 Å². The zero-order valence-corrected chi connectivity index (χ0v) is 17.1. The molecule has 0 amide bonds. The van der Waals surface area contributed by atoms with Crippen LogP contribution in [0.2, 0.25) is 0 Å². The number of hydrogen-bond donors (Lipinski definition) is 2. The van der Waals surface area contributed by atoms with Gasteiger partial charge in [0, 0.05) is 38.3 Å². The van der Waals surface area contributed by atoms with Gasteiger partial charge in [-0.05, 0) is 19.2 Å². The van der Waals surface area contributed by atoms with Gasteiger partial charge in [-0.25, -0.2) is 0 Å². The number of fused-ring (bicyclic) bond motifs is 1. The Hall–Kier alpha value is -1.43. The Morgan fingerprint density at radius 1 is 1.23 bits per heavy atom. The van der Waals surface area contributed by atoms with Crippen molar-refractivity contribution in [3.05, 3.63) is 18.2 Å². The molecule has 0 spiro atoms. The standard InChI is InChI=1S/C16H23F3N4O2.HI/c1-20-15(21-6-7-23(2)11-16(17,18)19)22-12-4-5-13-14(10-12)25-9-3-8-24-13;/h4-5,10H,3,6-9,11H2,1-2H3,(H2,20,21,22);1H. The summed E-state index contributed by atoms with van der Waals surface area (Å²) in [5.41, 5.74) is 0.751. The quantitative estimate of drug-likeness (QED) is 0.380. The molecular formula is C16H24F3IN4O2. The van der Waals surface area contributed by atoms with Crippen molar-refractivity contribution >= 4 is 35.6 Å². The molecule has 2 rings (SSSR count). The summed E-state index contributed by atoms with van der Waals surface area (Å²) in [6, 6.07) is 5.45. The molecule has 0 atom stereocenters. The maximum absolute atomic E-state index is 12.3. The van der Waals surface area contributed by atoms with Gasteiger partial charge in [-0.1, -0.05) is 0 Å². The van der Waals surface area contributed by atoms with Crippen molar-refractivity contribution in [1.82, 2.24) is 10.2 Å². The second-order valence-electron chi connectivity index (χ2n) is 5.69. The summed E-state index contributed by atoms with van der Waals surface area (Å²) in [5, 5.41) is 6.07. The molecule has 0 saturated heterocycles. The third-order valence-electron chi connectivity index (χ3n) is 3.47. The zero-order chi connectivity index (χ0) is 18.3. The Balaban J connectivity index is 0.00000338. The van der Waals surface area contributed by atoms with Gasteiger partial charge in [0.15, 0.2) is 17.5 Å². The van der Waals surface area contributed by atoms with Gasteiger partial charge in [0.1, 0.15) is 0 Å². The predicted octanol–water partition coefficient (Wildman–Crippen LogP) is 2.95. The summed E-state index contributed by atoms with van der Waals surface area (Å²) in [4.78, 5) is 5.27. The molecule has 1 aliphatic rings. The molecule has 1 heterocycles. The molecule has 0 bridgehead atoms. The van der Waals surface area contributed by atoms with E-state index in [1.807, 2.05) is 18.2 Å². The smallest absolute Gasteiger partial charge is 0.401 e. The minimum absolute atomic E-state index is 0. The van der Waals surface area contributed by atoms with E-state index in [-0.39, 0.29) is 30.5 Å². The SMILES string of the molecule is CN=C(NCCN(C)CC(F)(F)F)Nc1ccc2c(c1)OCCCO2.I. The first-order chi connectivity index (χ1) is 11.9. The Kier molecular flexibility index (Phi) is 9.27. The highest BCUT2D eigenvalue weighted by molar-refractivity contribution is 14.0. The third kappa shape index (κ3) is 7.85. The maximum Gasteiger partial charge on any atom is 0.401 e. The number of hydrogen-bond acceptors (Lipinski definition) is 4. The molecule has 0 saturated carbocycles. The first-order valence-electron chi connectivity index (χ1n) is 8.00. The van der Waals surface area contributed by atoms with E-state index in [0.29, 0.717) is 37.2 Å². The van der Waals surface area contributed by atoms with Crippen LogP contribution in [0, 0.1) is 0 Å². The Labute approximate surface area is 168 Å². The van der Waals surface area contributed by atoms with Crippen LogP contribution < -0.4 is 20.1 Å². The fraction of sp³-hybridized carbons (Fsp3) is 0.562. The minimum Gasteiger partial charge on any atom is -0.490 e. The van der Waals surface area contributed by atoms with Gasteiger partial charge in [0.05, 0.1) is 19.8 Å². The van der Waals surface area contributed by atoms with Crippen LogP contribution >= 0.6 is 24.0 Å². The van der Waals surface area contributed by atoms with E-state index in [2.05, 4.69) is 15.6 Å². The lowest BCUT2D eigenvalue weighted by Gasteiger charge is -2.19. The van der Waals surface area contributed by atoms with Crippen molar-refractivity contribution in [2.24, 2.45) is 4.99 Å². The van der Waals surface area contributed by atoms with Gasteiger partial charge in [-0.3, -0.25) is 9.89 Å². The summed E-state index contributed by atoms with van der Waals surface area (Å²) in [6.45, 7) is 0.838. The molecular weight excluding hydrogens is 464 g/mol. The van der Waals surface area contributed by atoms with E-state index in [0.717, 1.165) is 12.1 Å². The molecule has 1 aromatic rings. The number of nitrogens with zero attached hydrogens (tertiary/aromatic N) is 2. The van der Waals surface area contributed by atoms with Crippen molar-refractivity contribution in [2.75, 3.05) is 52.3 Å². The van der Waals surface area contributed by atoms with Crippen LogP contribution in [0.5, 0.6) is 11.5 Å². The van der Waals surface area contributed by atoms with Crippen LogP contribution in [0.3, 0.4) is 0 Å². The highest BCUT2D eigenvalue weighted by Gasteiger charge is 2.28. The molecule has 6 nitrogen and oxygen atoms in total. The van der Waals surface area contributed by atoms with Crippen molar-refractivity contribution < 1.29 is 22.6 Å². The van der Waals surface area contributed by atoms with Crippen molar-refractivity contribution in [3.63, 3.8) is 0 Å². The van der Waals surface area contributed by atoms with Gasteiger partial charge in [0.2, 0.25) is 0 Å². The highest BCUT2D eigenvalue weighted by atomic mass is 127. The third-order valence-corrected chi connectivity index (χ3v) is 3.47. The van der Waals surface area contributed by atoms with E-state index in [9.17, 15) is 13.2 Å². The first kappa shape index (κ1) is 22.6. The van der Waals surface area contributed by atoms with Crippen LogP contribution in [0.1, 0.15) is 6.42 Å². The molecule has 0 aromatic heterocycles. The number of alkyl halides is 3. The van der Waals surface area contributed by atoms with E-state index in [4.69, 9.17) is 9.47 Å². The largest absolute Gasteiger partial charge is 0.490 e. The van der Waals surface area contributed by atoms with Gasteiger partial charge in [0.25, 0.3) is 0 Å². The topological polar surface area (TPSA) is 58.1 Å². The molecule has 0 aliphatic carbocycles. The van der Waals surface area contributed by atoms with Crippen LogP contribution in [0.15, 0.2) is 23.2 Å². The average molecular weight is 488 g/mol. The van der Waals surface area contributed by atoms with Crippen molar-refractivity contribution in [2.45, 2.75) is 12.6 Å². The first-order valence-corrected chi connectivity index (χ1v) is 8.00. The molecule has 2 N–H and O–H groups in total. The molecule has 0 radical (unpaired) electrons. The number of anilines is 1. The Bertz CT molecular complexity index is 599. The van der Waals surface area contributed by atoms with Crippen molar-refractivity contribution in [1.29, 1.82) is 0 Å². The van der Waals surface area contributed by atoms with Gasteiger partial charge in [-0.2, -0.15) is 13.2 Å². The molecule has 1 aliphatic heterocycles. The number of halogens is 4. The summed E-state index contributed by atoms with van der Waals surface area (Å²) in [5.74, 6) is 1.82. The highest BCUT2D eigenvalue weighted by Crippen LogP contribution is 2.32. The summed E-state index contributed by atoms with van der Waals surface area (Å²) < 4.78 is 48.1. The van der Waals surface area contributed by atoms with E-state index in [1.165, 1.54) is 11.9 Å². The fourth-order valence-electron chi connectivity index (χ4n) is 2.31. The summed E-state index contributed by atoms with van der Waals surface area (Å²) in [6.07, 6.45) is -3.37. The summed E-state index contributed by atoms with van der Waals surface area (Å²) in [7, 11) is 3.02. The molecule has 1 aromatic carbocycles. The monoisotopic (exact) mass is 488 g/mol. The molecule has 0 unspecified atom stereocenters. The number of benzene rings is 1. The molecule has 0 fully saturated rings. The lowest BCUT2D eigenvalue weighted by Crippen LogP contribution is -2.39. The van der Waals surface area contributed by atoms with E-state index < -0.39 is 12.7 Å². The summed E-state index contributed by atoms with van der Waals surface area (Å²) >= 11 is 0. The van der Waals surface area contributed by atoms with Crippen LogP contribution in [-0.4, -0.2) is 64.0 Å². The number of ether oxygens (including phenoxy) is 2. The Morgan fingerprint density at radius 3 is 2.58 bits per heavy atom. The zero-order valence-electron chi connectivity index (χ0n) is 14.7. The predicted molar refractivity (Wildman–Crippen MR) is 106 cm³/mol. The van der Waals surface area contributed by atoms with Crippen LogP contribution in [0.4, 0.5) is 18.9 Å². The molecule has 148 valence electrons. The fourth-order valence-corrected chi connectivity index (χ4v) is 2.31. The normalized spacial score (nSPS) is 14.5. The number of likely N-dealkylation sites (N-methyl/N-ethyl adjacent to an activating group) is 1. The number of nitrogens with one attached hydrogen (secondary N) is 2. The van der Waals surface area contributed by atoms with Crippen molar-refractivity contribution in [3.8, 4) is 11.5 Å². The lowest BCUT2D eigenvalue weighted by molar-refractivity contribution is -0.142. The lowest BCUT2D eigenvalue weighted by atomic mass is 10.3. The second-order valence-corrected chi connectivity index (χ2v) is 5.69. The maximum atomic E-state index is 12.3. The van der Waals surface area contributed by atoms with Crippen LogP contribution in [-0.2, 0) is 0 Å². The number of guanidine groups is 1. The van der Waals surface area contributed by atoms with Gasteiger partial charge in [-0.15, -0.1) is 24.0 Å². The Morgan fingerprint density at radius 2 is 1.92 bits per heavy atom. The molecule has 10 heteroatoms. The van der Waals surface area contributed by atoms with Gasteiger partial charge < -0.3 is 20.1 Å². The van der Waals surface area contributed by atoms with Gasteiger partial charge >= 0.3 is 6.18 Å². The number of rotatable bonds is 5. The average Bonchev–Trinajstić information content (AvgIpc) is 2.77. The minimum atomic E-state index is -4.20. The number of aliphatic imine (C=N–C) groups is 1. The van der Waals surface area contributed by atoms with E-state index >= 15 is 0 Å². The molecule has 26 heavy (non-hydrogen) atoms. The van der Waals surface area contributed by atoms with E-state index in [1.54, 1.807) is 7.05 Å².